The Balaban J connectivity index is 1.76. The second-order valence-electron chi connectivity index (χ2n) is 7.39. The molecule has 1 amide bonds. The Labute approximate surface area is 179 Å². The van der Waals surface area contributed by atoms with Gasteiger partial charge in [0, 0.05) is 22.0 Å². The van der Waals surface area contributed by atoms with Gasteiger partial charge >= 0.3 is 0 Å². The summed E-state index contributed by atoms with van der Waals surface area (Å²) in [4.78, 5) is 21.3. The fraction of sp³-hybridized carbons (Fsp3) is 0.261. The number of rotatable bonds is 6. The van der Waals surface area contributed by atoms with E-state index in [-0.39, 0.29) is 11.9 Å². The molecule has 0 unspecified atom stereocenters. The van der Waals surface area contributed by atoms with Crippen molar-refractivity contribution < 1.29 is 9.53 Å². The van der Waals surface area contributed by atoms with Gasteiger partial charge in [0.1, 0.15) is 5.75 Å². The number of hydrogen-bond donors (Lipinski definition) is 0. The number of aromatic nitrogens is 3. The first kappa shape index (κ1) is 20.1. The number of pyridine rings is 1. The van der Waals surface area contributed by atoms with Crippen molar-refractivity contribution in [3.05, 3.63) is 70.2 Å². The number of methoxy groups -OCH3 is 1. The van der Waals surface area contributed by atoms with Gasteiger partial charge in [-0.25, -0.2) is 9.67 Å². The van der Waals surface area contributed by atoms with Gasteiger partial charge in [0.15, 0.2) is 5.65 Å². The Morgan fingerprint density at radius 3 is 2.63 bits per heavy atom. The van der Waals surface area contributed by atoms with Gasteiger partial charge in [0.25, 0.3) is 5.91 Å². The molecule has 0 fully saturated rings. The molecule has 0 atom stereocenters. The van der Waals surface area contributed by atoms with Gasteiger partial charge in [0.05, 0.1) is 31.1 Å². The molecule has 3 heterocycles. The number of nitrogens with zero attached hydrogens (tertiary/aromatic N) is 4. The third kappa shape index (κ3) is 3.80. The Kier molecular flexibility index (Phi) is 5.55. The molecule has 0 aliphatic carbocycles. The zero-order valence-electron chi connectivity index (χ0n) is 17.5. The SMILES string of the molecule is COc1ccc(N(Cc2cccs2)C(=O)c2cc3cnn(C(C)C)c3nc2C)cc1. The number of thiophene rings is 1. The number of carbonyl (C=O) groups is 1. The second kappa shape index (κ2) is 8.28. The van der Waals surface area contributed by atoms with Gasteiger partial charge < -0.3 is 9.64 Å². The monoisotopic (exact) mass is 420 g/mol. The topological polar surface area (TPSA) is 60.2 Å². The molecule has 0 radical (unpaired) electrons. The van der Waals surface area contributed by atoms with Crippen LogP contribution in [0.3, 0.4) is 0 Å². The van der Waals surface area contributed by atoms with E-state index >= 15 is 0 Å². The average molecular weight is 421 g/mol. The highest BCUT2D eigenvalue weighted by molar-refractivity contribution is 7.09. The first-order valence-electron chi connectivity index (χ1n) is 9.81. The molecule has 4 rings (SSSR count). The summed E-state index contributed by atoms with van der Waals surface area (Å²) in [6, 6.07) is 13.7. The Morgan fingerprint density at radius 1 is 1.23 bits per heavy atom. The summed E-state index contributed by atoms with van der Waals surface area (Å²) in [6.07, 6.45) is 1.77. The summed E-state index contributed by atoms with van der Waals surface area (Å²) in [5, 5.41) is 7.32. The highest BCUT2D eigenvalue weighted by Crippen LogP contribution is 2.27. The van der Waals surface area contributed by atoms with Crippen LogP contribution in [0.1, 0.15) is 40.8 Å². The largest absolute Gasteiger partial charge is 0.497 e. The molecule has 0 bridgehead atoms. The van der Waals surface area contributed by atoms with Crippen LogP contribution in [0.4, 0.5) is 5.69 Å². The van der Waals surface area contributed by atoms with Crippen LogP contribution < -0.4 is 9.64 Å². The minimum atomic E-state index is -0.0854. The zero-order valence-corrected chi connectivity index (χ0v) is 18.3. The minimum Gasteiger partial charge on any atom is -0.497 e. The number of benzene rings is 1. The molecule has 7 heteroatoms. The van der Waals surface area contributed by atoms with Crippen molar-refractivity contribution in [3.8, 4) is 5.75 Å². The lowest BCUT2D eigenvalue weighted by atomic mass is 10.1. The molecule has 0 N–H and O–H groups in total. The lowest BCUT2D eigenvalue weighted by Gasteiger charge is -2.23. The van der Waals surface area contributed by atoms with Crippen LogP contribution in [0.2, 0.25) is 0 Å². The lowest BCUT2D eigenvalue weighted by molar-refractivity contribution is 0.0984. The third-order valence-electron chi connectivity index (χ3n) is 5.00. The van der Waals surface area contributed by atoms with Gasteiger partial charge in [-0.1, -0.05) is 6.07 Å². The van der Waals surface area contributed by atoms with Gasteiger partial charge in [0.2, 0.25) is 0 Å². The summed E-state index contributed by atoms with van der Waals surface area (Å²) in [5.41, 5.74) is 2.89. The number of hydrogen-bond acceptors (Lipinski definition) is 5. The minimum absolute atomic E-state index is 0.0854. The van der Waals surface area contributed by atoms with E-state index < -0.39 is 0 Å². The number of amides is 1. The van der Waals surface area contributed by atoms with Gasteiger partial charge in [-0.2, -0.15) is 5.10 Å². The van der Waals surface area contributed by atoms with E-state index in [0.29, 0.717) is 17.8 Å². The molecule has 0 aliphatic rings. The van der Waals surface area contributed by atoms with E-state index in [1.807, 2.05) is 59.5 Å². The molecule has 3 aromatic heterocycles. The quantitative estimate of drug-likeness (QED) is 0.428. The van der Waals surface area contributed by atoms with E-state index in [1.165, 1.54) is 0 Å². The molecule has 0 spiro atoms. The normalized spacial score (nSPS) is 11.2. The first-order chi connectivity index (χ1) is 14.5. The number of ether oxygens (including phenoxy) is 1. The molecule has 154 valence electrons. The molecule has 0 saturated carbocycles. The predicted molar refractivity (Wildman–Crippen MR) is 120 cm³/mol. The number of fused-ring (bicyclic) bond motifs is 1. The van der Waals surface area contributed by atoms with Crippen LogP contribution in [-0.4, -0.2) is 27.8 Å². The maximum absolute atomic E-state index is 13.7. The fourth-order valence-electron chi connectivity index (χ4n) is 3.41. The summed E-state index contributed by atoms with van der Waals surface area (Å²) >= 11 is 1.63. The number of carbonyl (C=O) groups excluding carboxylic acids is 1. The van der Waals surface area contributed by atoms with E-state index in [2.05, 4.69) is 18.9 Å². The van der Waals surface area contributed by atoms with Crippen LogP contribution in [0.15, 0.2) is 54.0 Å². The summed E-state index contributed by atoms with van der Waals surface area (Å²) in [5.74, 6) is 0.667. The van der Waals surface area contributed by atoms with Gasteiger partial charge in [-0.05, 0) is 62.5 Å². The van der Waals surface area contributed by atoms with Crippen molar-refractivity contribution >= 4 is 34.0 Å². The van der Waals surface area contributed by atoms with Crippen molar-refractivity contribution in [1.82, 2.24) is 14.8 Å². The number of aryl methyl sites for hydroxylation is 1. The Hall–Kier alpha value is -3.19. The fourth-order valence-corrected chi connectivity index (χ4v) is 4.10. The standard InChI is InChI=1S/C23H24N4O2S/c1-15(2)27-22-17(13-24-27)12-21(16(3)25-22)23(28)26(14-20-6-5-11-30-20)18-7-9-19(29-4)10-8-18/h5-13,15H,14H2,1-4H3. The molecule has 1 aromatic carbocycles. The lowest BCUT2D eigenvalue weighted by Crippen LogP contribution is -2.31. The molecular weight excluding hydrogens is 396 g/mol. The Morgan fingerprint density at radius 2 is 2.00 bits per heavy atom. The Bertz CT molecular complexity index is 1160. The number of anilines is 1. The first-order valence-corrected chi connectivity index (χ1v) is 10.7. The van der Waals surface area contributed by atoms with Crippen molar-refractivity contribution in [3.63, 3.8) is 0 Å². The highest BCUT2D eigenvalue weighted by atomic mass is 32.1. The summed E-state index contributed by atoms with van der Waals surface area (Å²) < 4.78 is 7.15. The van der Waals surface area contributed by atoms with Crippen LogP contribution in [0.5, 0.6) is 5.75 Å². The highest BCUT2D eigenvalue weighted by Gasteiger charge is 2.23. The van der Waals surface area contributed by atoms with Gasteiger partial charge in [-0.3, -0.25) is 4.79 Å². The van der Waals surface area contributed by atoms with E-state index in [9.17, 15) is 4.79 Å². The predicted octanol–water partition coefficient (Wildman–Crippen LogP) is 5.24. The molecular formula is C23H24N4O2S. The molecule has 0 saturated heterocycles. The maximum atomic E-state index is 13.7. The van der Waals surface area contributed by atoms with Crippen LogP contribution in [0.25, 0.3) is 11.0 Å². The van der Waals surface area contributed by atoms with Crippen LogP contribution in [-0.2, 0) is 6.54 Å². The van der Waals surface area contributed by atoms with E-state index in [0.717, 1.165) is 27.3 Å². The summed E-state index contributed by atoms with van der Waals surface area (Å²) in [6.45, 7) is 6.50. The second-order valence-corrected chi connectivity index (χ2v) is 8.42. The van der Waals surface area contributed by atoms with Crippen molar-refractivity contribution in [1.29, 1.82) is 0 Å². The molecule has 4 aromatic rings. The van der Waals surface area contributed by atoms with Crippen molar-refractivity contribution in [2.45, 2.75) is 33.4 Å². The van der Waals surface area contributed by atoms with Crippen LogP contribution >= 0.6 is 11.3 Å². The third-order valence-corrected chi connectivity index (χ3v) is 5.86. The maximum Gasteiger partial charge on any atom is 0.260 e. The van der Waals surface area contributed by atoms with Gasteiger partial charge in [-0.15, -0.1) is 11.3 Å². The zero-order chi connectivity index (χ0) is 21.3. The van der Waals surface area contributed by atoms with Crippen molar-refractivity contribution in [2.75, 3.05) is 12.0 Å². The molecule has 0 aliphatic heterocycles. The van der Waals surface area contributed by atoms with Crippen LogP contribution in [0, 0.1) is 6.92 Å². The van der Waals surface area contributed by atoms with E-state index in [1.54, 1.807) is 29.5 Å². The smallest absolute Gasteiger partial charge is 0.260 e. The molecule has 30 heavy (non-hydrogen) atoms. The van der Waals surface area contributed by atoms with E-state index in [4.69, 9.17) is 9.72 Å². The summed E-state index contributed by atoms with van der Waals surface area (Å²) in [7, 11) is 1.63. The molecule has 6 nitrogen and oxygen atoms in total. The average Bonchev–Trinajstić information content (AvgIpc) is 3.40. The van der Waals surface area contributed by atoms with Crippen molar-refractivity contribution in [2.24, 2.45) is 0 Å².